The molecule has 2 rings (SSSR count). The Bertz CT molecular complexity index is 687. The Kier molecular flexibility index (Phi) is 6.81. The largest absolute Gasteiger partial charge is 0.493 e. The molecule has 0 aliphatic carbocycles. The summed E-state index contributed by atoms with van der Waals surface area (Å²) in [7, 11) is 1.82. The van der Waals surface area contributed by atoms with Gasteiger partial charge in [0.2, 0.25) is 0 Å². The van der Waals surface area contributed by atoms with Gasteiger partial charge in [0, 0.05) is 43.3 Å². The maximum absolute atomic E-state index is 12.5. The lowest BCUT2D eigenvalue weighted by Gasteiger charge is -2.22. The number of carbonyl (C=O) groups is 1. The number of hydrogen-bond acceptors (Lipinski definition) is 4. The van der Waals surface area contributed by atoms with Crippen molar-refractivity contribution >= 4 is 11.6 Å². The van der Waals surface area contributed by atoms with Crippen LogP contribution in [0.5, 0.6) is 5.75 Å². The zero-order valence-corrected chi connectivity index (χ0v) is 15.5. The fourth-order valence-corrected chi connectivity index (χ4v) is 2.36. The van der Waals surface area contributed by atoms with Crippen molar-refractivity contribution in [2.45, 2.75) is 33.2 Å². The number of aromatic nitrogens is 1. The van der Waals surface area contributed by atoms with Gasteiger partial charge in [0.05, 0.1) is 6.61 Å². The molecular weight excluding hydrogens is 314 g/mol. The van der Waals surface area contributed by atoms with Crippen molar-refractivity contribution in [3.05, 3.63) is 53.9 Å². The van der Waals surface area contributed by atoms with E-state index in [9.17, 15) is 4.79 Å². The number of carbonyl (C=O) groups excluding carboxylic acids is 1. The Morgan fingerprint density at radius 1 is 1.24 bits per heavy atom. The summed E-state index contributed by atoms with van der Waals surface area (Å²) >= 11 is 0. The van der Waals surface area contributed by atoms with Crippen molar-refractivity contribution in [1.29, 1.82) is 0 Å². The Morgan fingerprint density at radius 3 is 2.64 bits per heavy atom. The smallest absolute Gasteiger partial charge is 0.253 e. The molecule has 5 heteroatoms. The third kappa shape index (κ3) is 5.78. The first kappa shape index (κ1) is 18.8. The molecule has 0 radical (unpaired) electrons. The van der Waals surface area contributed by atoms with Gasteiger partial charge in [-0.3, -0.25) is 9.78 Å². The highest BCUT2D eigenvalue weighted by atomic mass is 16.5. The van der Waals surface area contributed by atoms with Crippen LogP contribution in [0.1, 0.15) is 36.2 Å². The van der Waals surface area contributed by atoms with Crippen LogP contribution in [-0.2, 0) is 0 Å². The van der Waals surface area contributed by atoms with Crippen molar-refractivity contribution in [2.24, 2.45) is 0 Å². The van der Waals surface area contributed by atoms with Gasteiger partial charge in [-0.05, 0) is 63.1 Å². The fourth-order valence-electron chi connectivity index (χ4n) is 2.36. The van der Waals surface area contributed by atoms with Crippen LogP contribution >= 0.6 is 0 Å². The fraction of sp³-hybridized carbons (Fsp3) is 0.400. The quantitative estimate of drug-likeness (QED) is 0.743. The van der Waals surface area contributed by atoms with Crippen LogP contribution in [0, 0.1) is 6.92 Å². The highest BCUT2D eigenvalue weighted by Crippen LogP contribution is 2.19. The molecule has 0 fully saturated rings. The van der Waals surface area contributed by atoms with E-state index in [-0.39, 0.29) is 11.9 Å². The first-order valence-electron chi connectivity index (χ1n) is 8.63. The van der Waals surface area contributed by atoms with Gasteiger partial charge in [0.25, 0.3) is 5.91 Å². The highest BCUT2D eigenvalue weighted by molar-refractivity contribution is 5.94. The van der Waals surface area contributed by atoms with Crippen LogP contribution in [0.25, 0.3) is 0 Å². The molecule has 1 aromatic heterocycles. The van der Waals surface area contributed by atoms with Crippen molar-refractivity contribution in [2.75, 3.05) is 25.5 Å². The molecule has 0 aliphatic heterocycles. The van der Waals surface area contributed by atoms with Gasteiger partial charge in [0.15, 0.2) is 0 Å². The number of benzene rings is 1. The molecule has 1 amide bonds. The van der Waals surface area contributed by atoms with Gasteiger partial charge in [-0.1, -0.05) is 0 Å². The van der Waals surface area contributed by atoms with Gasteiger partial charge in [-0.2, -0.15) is 0 Å². The Labute approximate surface area is 150 Å². The summed E-state index contributed by atoms with van der Waals surface area (Å²) in [6.07, 6.45) is 4.39. The maximum Gasteiger partial charge on any atom is 0.253 e. The Balaban J connectivity index is 1.86. The lowest BCUT2D eigenvalue weighted by Crippen LogP contribution is -2.33. The number of rotatable bonds is 8. The first-order valence-corrected chi connectivity index (χ1v) is 8.63. The normalized spacial score (nSPS) is 10.6. The van der Waals surface area contributed by atoms with Crippen molar-refractivity contribution in [3.8, 4) is 5.75 Å². The molecule has 0 atom stereocenters. The molecule has 0 saturated carbocycles. The van der Waals surface area contributed by atoms with Crippen LogP contribution in [0.2, 0.25) is 0 Å². The Morgan fingerprint density at radius 2 is 1.96 bits per heavy atom. The predicted molar refractivity (Wildman–Crippen MR) is 101 cm³/mol. The summed E-state index contributed by atoms with van der Waals surface area (Å²) in [6, 6.07) is 9.72. The second-order valence-corrected chi connectivity index (χ2v) is 6.41. The number of ether oxygens (including phenoxy) is 1. The van der Waals surface area contributed by atoms with Crippen LogP contribution in [0.3, 0.4) is 0 Å². The van der Waals surface area contributed by atoms with Crippen LogP contribution < -0.4 is 10.1 Å². The molecule has 1 N–H and O–H groups in total. The van der Waals surface area contributed by atoms with Crippen LogP contribution in [0.15, 0.2) is 42.7 Å². The number of hydrogen-bond donors (Lipinski definition) is 1. The molecule has 134 valence electrons. The number of amides is 1. The van der Waals surface area contributed by atoms with E-state index < -0.39 is 0 Å². The standard InChI is InChI=1S/C20H27N3O2/c1-15(2)23(4)20(24)17-12-16(3)13-19(14-17)25-11-5-8-22-18-6-9-21-10-7-18/h6-7,9-10,12-15H,5,8,11H2,1-4H3,(H,21,22). The zero-order valence-electron chi connectivity index (χ0n) is 15.5. The summed E-state index contributed by atoms with van der Waals surface area (Å²) in [5, 5.41) is 3.32. The summed E-state index contributed by atoms with van der Waals surface area (Å²) in [5.41, 5.74) is 2.74. The highest BCUT2D eigenvalue weighted by Gasteiger charge is 2.15. The van der Waals surface area contributed by atoms with Crippen LogP contribution in [-0.4, -0.2) is 42.0 Å². The lowest BCUT2D eigenvalue weighted by molar-refractivity contribution is 0.0754. The SMILES string of the molecule is Cc1cc(OCCCNc2ccncc2)cc(C(=O)N(C)C(C)C)c1. The summed E-state index contributed by atoms with van der Waals surface area (Å²) in [5.74, 6) is 0.757. The molecule has 0 unspecified atom stereocenters. The molecule has 2 aromatic rings. The second-order valence-electron chi connectivity index (χ2n) is 6.41. The number of pyridine rings is 1. The second kappa shape index (κ2) is 9.06. The molecule has 0 saturated heterocycles. The van der Waals surface area contributed by atoms with E-state index in [1.165, 1.54) is 0 Å². The number of nitrogens with zero attached hydrogens (tertiary/aromatic N) is 2. The van der Waals surface area contributed by atoms with Gasteiger partial charge < -0.3 is 15.0 Å². The number of nitrogens with one attached hydrogen (secondary N) is 1. The van der Waals surface area contributed by atoms with E-state index in [1.807, 2.05) is 58.2 Å². The summed E-state index contributed by atoms with van der Waals surface area (Å²) in [6.45, 7) is 7.39. The van der Waals surface area contributed by atoms with Crippen molar-refractivity contribution in [1.82, 2.24) is 9.88 Å². The number of aryl methyl sites for hydroxylation is 1. The average molecular weight is 341 g/mol. The maximum atomic E-state index is 12.5. The third-order valence-corrected chi connectivity index (χ3v) is 3.99. The average Bonchev–Trinajstić information content (AvgIpc) is 2.60. The van der Waals surface area contributed by atoms with Crippen molar-refractivity contribution in [3.63, 3.8) is 0 Å². The van der Waals surface area contributed by atoms with E-state index in [4.69, 9.17) is 4.74 Å². The van der Waals surface area contributed by atoms with Gasteiger partial charge in [-0.25, -0.2) is 0 Å². The van der Waals surface area contributed by atoms with E-state index in [1.54, 1.807) is 17.3 Å². The minimum Gasteiger partial charge on any atom is -0.493 e. The van der Waals surface area contributed by atoms with E-state index >= 15 is 0 Å². The lowest BCUT2D eigenvalue weighted by atomic mass is 10.1. The molecule has 25 heavy (non-hydrogen) atoms. The minimum absolute atomic E-state index is 0.0166. The third-order valence-electron chi connectivity index (χ3n) is 3.99. The molecule has 0 aliphatic rings. The predicted octanol–water partition coefficient (Wildman–Crippen LogP) is 3.75. The molecule has 5 nitrogen and oxygen atoms in total. The van der Waals surface area contributed by atoms with Gasteiger partial charge >= 0.3 is 0 Å². The van der Waals surface area contributed by atoms with Crippen molar-refractivity contribution < 1.29 is 9.53 Å². The van der Waals surface area contributed by atoms with Gasteiger partial charge in [-0.15, -0.1) is 0 Å². The monoisotopic (exact) mass is 341 g/mol. The topological polar surface area (TPSA) is 54.5 Å². The Hall–Kier alpha value is -2.56. The molecular formula is C20H27N3O2. The van der Waals surface area contributed by atoms with E-state index in [0.717, 1.165) is 30.0 Å². The molecule has 1 aromatic carbocycles. The van der Waals surface area contributed by atoms with E-state index in [2.05, 4.69) is 10.3 Å². The summed E-state index contributed by atoms with van der Waals surface area (Å²) in [4.78, 5) is 18.2. The van der Waals surface area contributed by atoms with E-state index in [0.29, 0.717) is 12.2 Å². The van der Waals surface area contributed by atoms with Crippen LogP contribution in [0.4, 0.5) is 5.69 Å². The molecule has 0 bridgehead atoms. The minimum atomic E-state index is 0.0166. The first-order chi connectivity index (χ1) is 12.0. The molecule has 1 heterocycles. The zero-order chi connectivity index (χ0) is 18.2. The summed E-state index contributed by atoms with van der Waals surface area (Å²) < 4.78 is 5.83. The number of anilines is 1. The van der Waals surface area contributed by atoms with Gasteiger partial charge in [0.1, 0.15) is 5.75 Å². The molecule has 0 spiro atoms.